The van der Waals surface area contributed by atoms with Gasteiger partial charge in [-0.25, -0.2) is 0 Å². The number of amides is 1. The number of carboxylic acids is 1. The number of carboxylic acid groups (broad SMARTS) is 1. The quantitative estimate of drug-likeness (QED) is 0.543. The van der Waals surface area contributed by atoms with E-state index in [0.29, 0.717) is 6.54 Å². The van der Waals surface area contributed by atoms with Gasteiger partial charge in [0.1, 0.15) is 12.3 Å². The van der Waals surface area contributed by atoms with Gasteiger partial charge in [-0.2, -0.15) is 0 Å². The number of hydrogen-bond donors (Lipinski definition) is 4. The smallest absolute Gasteiger partial charge is 0.310 e. The highest BCUT2D eigenvalue weighted by molar-refractivity contribution is 5.74. The molecule has 7 heteroatoms. The van der Waals surface area contributed by atoms with Crippen LogP contribution in [0.1, 0.15) is 27.7 Å². The van der Waals surface area contributed by atoms with Crippen LogP contribution in [0.2, 0.25) is 0 Å². The zero-order valence-electron chi connectivity index (χ0n) is 12.3. The van der Waals surface area contributed by atoms with Crippen molar-refractivity contribution in [2.24, 2.45) is 11.3 Å². The minimum Gasteiger partial charge on any atom is -0.481 e. The molecule has 0 aromatic rings. The summed E-state index contributed by atoms with van der Waals surface area (Å²) in [5, 5.41) is 31.7. The molecule has 0 aliphatic carbocycles. The van der Waals surface area contributed by atoms with Gasteiger partial charge in [0, 0.05) is 20.0 Å². The standard InChI is InChI=1S/C13H24N2O5/c1-7(16)14-11-10(18)9(17)8(12(19)20)5-15(11)6-13(2,3)4/h8-11,17-18H,5-6H2,1-4H3,(H,14,16)(H,19,20)/t8-,9-,10-,11-/m0/s1. The van der Waals surface area contributed by atoms with Crippen molar-refractivity contribution >= 4 is 11.9 Å². The van der Waals surface area contributed by atoms with Gasteiger partial charge in [0.15, 0.2) is 0 Å². The lowest BCUT2D eigenvalue weighted by molar-refractivity contribution is -0.166. The molecule has 0 radical (unpaired) electrons. The highest BCUT2D eigenvalue weighted by atomic mass is 16.4. The normalized spacial score (nSPS) is 31.9. The van der Waals surface area contributed by atoms with E-state index in [-0.39, 0.29) is 17.9 Å². The first-order chi connectivity index (χ1) is 9.03. The molecule has 0 spiro atoms. The highest BCUT2D eigenvalue weighted by Gasteiger charge is 2.46. The van der Waals surface area contributed by atoms with Crippen molar-refractivity contribution in [2.75, 3.05) is 13.1 Å². The van der Waals surface area contributed by atoms with Crippen molar-refractivity contribution in [1.29, 1.82) is 0 Å². The molecule has 1 aliphatic heterocycles. The van der Waals surface area contributed by atoms with Crippen LogP contribution in [-0.4, -0.2) is 63.6 Å². The Hall–Kier alpha value is -1.18. The Morgan fingerprint density at radius 2 is 1.80 bits per heavy atom. The van der Waals surface area contributed by atoms with Crippen molar-refractivity contribution in [2.45, 2.75) is 46.1 Å². The van der Waals surface area contributed by atoms with Crippen LogP contribution in [0.4, 0.5) is 0 Å². The summed E-state index contributed by atoms with van der Waals surface area (Å²) in [5.74, 6) is -2.57. The number of likely N-dealkylation sites (tertiary alicyclic amines) is 1. The van der Waals surface area contributed by atoms with Crippen molar-refractivity contribution in [1.82, 2.24) is 10.2 Å². The van der Waals surface area contributed by atoms with Crippen molar-refractivity contribution in [3.8, 4) is 0 Å². The maximum Gasteiger partial charge on any atom is 0.310 e. The average Bonchev–Trinajstić information content (AvgIpc) is 2.25. The summed E-state index contributed by atoms with van der Waals surface area (Å²) in [4.78, 5) is 24.1. The second-order valence-corrected chi connectivity index (χ2v) is 6.56. The van der Waals surface area contributed by atoms with Crippen LogP contribution in [-0.2, 0) is 9.59 Å². The molecule has 1 saturated heterocycles. The lowest BCUT2D eigenvalue weighted by Crippen LogP contribution is -2.67. The number of rotatable bonds is 3. The number of aliphatic hydroxyl groups excluding tert-OH is 2. The third kappa shape index (κ3) is 4.16. The molecule has 0 unspecified atom stereocenters. The van der Waals surface area contributed by atoms with Crippen LogP contribution < -0.4 is 5.32 Å². The molecule has 20 heavy (non-hydrogen) atoms. The summed E-state index contributed by atoms with van der Waals surface area (Å²) in [6.07, 6.45) is -3.52. The Kier molecular flexibility index (Phi) is 5.12. The van der Waals surface area contributed by atoms with Crippen LogP contribution in [0.25, 0.3) is 0 Å². The molecule has 7 nitrogen and oxygen atoms in total. The molecular formula is C13H24N2O5. The van der Waals surface area contributed by atoms with Crippen LogP contribution in [0.3, 0.4) is 0 Å². The minimum atomic E-state index is -1.40. The largest absolute Gasteiger partial charge is 0.481 e. The monoisotopic (exact) mass is 288 g/mol. The van der Waals surface area contributed by atoms with Gasteiger partial charge in [-0.15, -0.1) is 0 Å². The first-order valence-electron chi connectivity index (χ1n) is 6.63. The van der Waals surface area contributed by atoms with Crippen LogP contribution in [0.5, 0.6) is 0 Å². The Labute approximate surface area is 118 Å². The van der Waals surface area contributed by atoms with Crippen molar-refractivity contribution in [3.63, 3.8) is 0 Å². The lowest BCUT2D eigenvalue weighted by Gasteiger charge is -2.46. The number of piperidine rings is 1. The van der Waals surface area contributed by atoms with Gasteiger partial charge in [-0.05, 0) is 5.41 Å². The number of hydrogen-bond acceptors (Lipinski definition) is 5. The molecule has 1 fully saturated rings. The van der Waals surface area contributed by atoms with E-state index in [2.05, 4.69) is 5.32 Å². The predicted octanol–water partition coefficient (Wildman–Crippen LogP) is -0.767. The second-order valence-electron chi connectivity index (χ2n) is 6.56. The molecule has 116 valence electrons. The zero-order chi connectivity index (χ0) is 15.7. The lowest BCUT2D eigenvalue weighted by atomic mass is 9.87. The molecule has 0 aromatic carbocycles. The second kappa shape index (κ2) is 6.07. The molecule has 4 atom stereocenters. The van der Waals surface area contributed by atoms with Gasteiger partial charge in [0.25, 0.3) is 0 Å². The highest BCUT2D eigenvalue weighted by Crippen LogP contribution is 2.26. The predicted molar refractivity (Wildman–Crippen MR) is 71.8 cm³/mol. The minimum absolute atomic E-state index is 0.0791. The van der Waals surface area contributed by atoms with Gasteiger partial charge < -0.3 is 20.6 Å². The number of nitrogens with zero attached hydrogens (tertiary/aromatic N) is 1. The van der Waals surface area contributed by atoms with Crippen molar-refractivity contribution in [3.05, 3.63) is 0 Å². The fourth-order valence-corrected chi connectivity index (χ4v) is 2.50. The van der Waals surface area contributed by atoms with Crippen LogP contribution in [0, 0.1) is 11.3 Å². The number of aliphatic carboxylic acids is 1. The molecule has 1 amide bonds. The molecule has 0 saturated carbocycles. The fraction of sp³-hybridized carbons (Fsp3) is 0.846. The number of aliphatic hydroxyl groups is 2. The SMILES string of the molecule is CC(=O)N[C@@H]1[C@@H](O)[C@@H](O)[C@@H](C(=O)O)CN1CC(C)(C)C. The molecule has 1 aliphatic rings. The van der Waals surface area contributed by atoms with Gasteiger partial charge in [0.2, 0.25) is 5.91 Å². The fourth-order valence-electron chi connectivity index (χ4n) is 2.50. The van der Waals surface area contributed by atoms with Gasteiger partial charge in [0.05, 0.1) is 12.0 Å². The van der Waals surface area contributed by atoms with E-state index in [1.807, 2.05) is 20.8 Å². The number of carbonyl (C=O) groups excluding carboxylic acids is 1. The Bertz CT molecular complexity index is 379. The third-order valence-electron chi connectivity index (χ3n) is 3.26. The van der Waals surface area contributed by atoms with E-state index in [4.69, 9.17) is 5.11 Å². The molecule has 4 N–H and O–H groups in total. The van der Waals surface area contributed by atoms with E-state index >= 15 is 0 Å². The van der Waals surface area contributed by atoms with Gasteiger partial charge >= 0.3 is 5.97 Å². The van der Waals surface area contributed by atoms with E-state index in [1.54, 1.807) is 4.90 Å². The summed E-state index contributed by atoms with van der Waals surface area (Å²) in [5.41, 5.74) is -0.137. The average molecular weight is 288 g/mol. The van der Waals surface area contributed by atoms with E-state index in [1.165, 1.54) is 6.92 Å². The zero-order valence-corrected chi connectivity index (χ0v) is 12.3. The summed E-state index contributed by atoms with van der Waals surface area (Å²) >= 11 is 0. The Balaban J connectivity index is 2.99. The topological polar surface area (TPSA) is 110 Å². The number of carbonyl (C=O) groups is 2. The first kappa shape index (κ1) is 16.9. The summed E-state index contributed by atoms with van der Waals surface area (Å²) in [6, 6.07) is 0. The Morgan fingerprint density at radius 3 is 2.20 bits per heavy atom. The summed E-state index contributed by atoms with van der Waals surface area (Å²) in [6.45, 7) is 7.82. The first-order valence-corrected chi connectivity index (χ1v) is 6.63. The third-order valence-corrected chi connectivity index (χ3v) is 3.26. The number of nitrogens with one attached hydrogen (secondary N) is 1. The molecular weight excluding hydrogens is 264 g/mol. The van der Waals surface area contributed by atoms with E-state index in [0.717, 1.165) is 0 Å². The molecule has 0 bridgehead atoms. The van der Waals surface area contributed by atoms with Crippen LogP contribution in [0.15, 0.2) is 0 Å². The van der Waals surface area contributed by atoms with Crippen molar-refractivity contribution < 1.29 is 24.9 Å². The van der Waals surface area contributed by atoms with E-state index < -0.39 is 30.3 Å². The summed E-state index contributed by atoms with van der Waals surface area (Å²) in [7, 11) is 0. The Morgan fingerprint density at radius 1 is 1.25 bits per heavy atom. The molecule has 1 heterocycles. The molecule has 0 aromatic heterocycles. The maximum absolute atomic E-state index is 11.2. The summed E-state index contributed by atoms with van der Waals surface area (Å²) < 4.78 is 0. The van der Waals surface area contributed by atoms with Gasteiger partial charge in [-0.1, -0.05) is 20.8 Å². The van der Waals surface area contributed by atoms with E-state index in [9.17, 15) is 19.8 Å². The molecule has 1 rings (SSSR count). The van der Waals surface area contributed by atoms with Gasteiger partial charge in [-0.3, -0.25) is 14.5 Å². The van der Waals surface area contributed by atoms with Crippen LogP contribution >= 0.6 is 0 Å². The maximum atomic E-state index is 11.2.